The first-order chi connectivity index (χ1) is 10.7. The number of nitrogens with zero attached hydrogens (tertiary/aromatic N) is 2. The highest BCUT2D eigenvalue weighted by atomic mass is 16.2. The largest absolute Gasteiger partial charge is 0.338 e. The van der Waals surface area contributed by atoms with Gasteiger partial charge in [-0.3, -0.25) is 15.0 Å². The minimum Gasteiger partial charge on any atom is -0.338 e. The molecule has 5 nitrogen and oxygen atoms in total. The van der Waals surface area contributed by atoms with Crippen molar-refractivity contribution in [3.8, 4) is 0 Å². The second kappa shape index (κ2) is 6.92. The summed E-state index contributed by atoms with van der Waals surface area (Å²) in [4.78, 5) is 25.9. The summed E-state index contributed by atoms with van der Waals surface area (Å²) < 4.78 is 0. The number of piperidine rings is 1. The number of carbonyl (C=O) groups is 2. The molecule has 2 heterocycles. The highest BCUT2D eigenvalue weighted by Gasteiger charge is 2.20. The van der Waals surface area contributed by atoms with Gasteiger partial charge in [-0.05, 0) is 37.0 Å². The molecule has 22 heavy (non-hydrogen) atoms. The van der Waals surface area contributed by atoms with E-state index in [9.17, 15) is 9.59 Å². The summed E-state index contributed by atoms with van der Waals surface area (Å²) >= 11 is 0. The molecule has 1 aromatic rings. The molecule has 0 saturated carbocycles. The van der Waals surface area contributed by atoms with Crippen molar-refractivity contribution in [3.63, 3.8) is 0 Å². The molecule has 0 aromatic heterocycles. The fraction of sp³-hybridized carbons (Fsp3) is 0.529. The Hall–Kier alpha value is -1.88. The predicted octanol–water partition coefficient (Wildman–Crippen LogP) is 1.94. The van der Waals surface area contributed by atoms with Crippen LogP contribution in [0.25, 0.3) is 0 Å². The molecule has 0 aliphatic carbocycles. The highest BCUT2D eigenvalue weighted by molar-refractivity contribution is 5.94. The van der Waals surface area contributed by atoms with Crippen LogP contribution in [0.1, 0.15) is 48.0 Å². The van der Waals surface area contributed by atoms with Crippen LogP contribution in [0.3, 0.4) is 0 Å². The minimum absolute atomic E-state index is 0.0588. The molecule has 0 atom stereocenters. The quantitative estimate of drug-likeness (QED) is 0.924. The molecule has 2 aliphatic rings. The molecule has 1 aromatic carbocycles. The number of carbonyl (C=O) groups excluding carboxylic acids is 2. The van der Waals surface area contributed by atoms with Gasteiger partial charge in [-0.1, -0.05) is 18.6 Å². The van der Waals surface area contributed by atoms with Gasteiger partial charge in [0.25, 0.3) is 5.91 Å². The number of benzene rings is 1. The fourth-order valence-corrected chi connectivity index (χ4v) is 3.12. The minimum atomic E-state index is -0.0588. The Morgan fingerprint density at radius 1 is 1.09 bits per heavy atom. The van der Waals surface area contributed by atoms with Gasteiger partial charge < -0.3 is 4.90 Å². The molecular weight excluding hydrogens is 278 g/mol. The molecule has 0 bridgehead atoms. The number of hydrazine groups is 1. The summed E-state index contributed by atoms with van der Waals surface area (Å²) in [5.74, 6) is 0.152. The molecule has 118 valence electrons. The van der Waals surface area contributed by atoms with Crippen LogP contribution < -0.4 is 5.43 Å². The van der Waals surface area contributed by atoms with Crippen LogP contribution in [0.4, 0.5) is 0 Å². The Morgan fingerprint density at radius 2 is 1.91 bits per heavy atom. The summed E-state index contributed by atoms with van der Waals surface area (Å²) in [5, 5.41) is 2.00. The van der Waals surface area contributed by atoms with Crippen molar-refractivity contribution >= 4 is 11.8 Å². The maximum Gasteiger partial charge on any atom is 0.265 e. The molecule has 3 rings (SSSR count). The lowest BCUT2D eigenvalue weighted by Crippen LogP contribution is -2.45. The van der Waals surface area contributed by atoms with E-state index in [1.165, 1.54) is 6.42 Å². The van der Waals surface area contributed by atoms with Crippen LogP contribution in [-0.2, 0) is 11.3 Å². The summed E-state index contributed by atoms with van der Waals surface area (Å²) in [5.41, 5.74) is 4.66. The van der Waals surface area contributed by atoms with Crippen molar-refractivity contribution < 1.29 is 9.59 Å². The van der Waals surface area contributed by atoms with E-state index in [4.69, 9.17) is 0 Å². The monoisotopic (exact) mass is 301 g/mol. The third kappa shape index (κ3) is 3.65. The molecule has 0 unspecified atom stereocenters. The van der Waals surface area contributed by atoms with Crippen LogP contribution in [0, 0.1) is 0 Å². The zero-order chi connectivity index (χ0) is 15.4. The Balaban J connectivity index is 1.62. The van der Waals surface area contributed by atoms with Gasteiger partial charge in [0.2, 0.25) is 5.91 Å². The smallest absolute Gasteiger partial charge is 0.265 e. The SMILES string of the molecule is O=C(NN1CCCCC1)c1cccc(CN2CCCC2=O)c1. The second-order valence-electron chi connectivity index (χ2n) is 6.11. The molecule has 0 radical (unpaired) electrons. The summed E-state index contributed by atoms with van der Waals surface area (Å²) in [6, 6.07) is 7.59. The zero-order valence-electron chi connectivity index (χ0n) is 12.9. The van der Waals surface area contributed by atoms with Gasteiger partial charge in [0.1, 0.15) is 0 Å². The average molecular weight is 301 g/mol. The van der Waals surface area contributed by atoms with Gasteiger partial charge in [-0.15, -0.1) is 0 Å². The second-order valence-corrected chi connectivity index (χ2v) is 6.11. The van der Waals surface area contributed by atoms with E-state index in [1.54, 1.807) is 0 Å². The molecule has 2 aliphatic heterocycles. The van der Waals surface area contributed by atoms with Crippen molar-refractivity contribution in [2.75, 3.05) is 19.6 Å². The Kier molecular flexibility index (Phi) is 4.73. The number of nitrogens with one attached hydrogen (secondary N) is 1. The van der Waals surface area contributed by atoms with Gasteiger partial charge >= 0.3 is 0 Å². The van der Waals surface area contributed by atoms with E-state index in [0.29, 0.717) is 18.5 Å². The number of rotatable bonds is 4. The Bertz CT molecular complexity index is 553. The van der Waals surface area contributed by atoms with Crippen LogP contribution >= 0.6 is 0 Å². The molecule has 0 spiro atoms. The summed E-state index contributed by atoms with van der Waals surface area (Å²) in [7, 11) is 0. The van der Waals surface area contributed by atoms with E-state index in [-0.39, 0.29) is 11.8 Å². The molecular formula is C17H23N3O2. The maximum atomic E-state index is 12.3. The highest BCUT2D eigenvalue weighted by Crippen LogP contribution is 2.15. The Labute approximate surface area is 131 Å². The van der Waals surface area contributed by atoms with Gasteiger partial charge in [-0.2, -0.15) is 0 Å². The van der Waals surface area contributed by atoms with Gasteiger partial charge in [0.15, 0.2) is 0 Å². The molecule has 5 heteroatoms. The number of likely N-dealkylation sites (tertiary alicyclic amines) is 1. The summed E-state index contributed by atoms with van der Waals surface area (Å²) in [6.07, 6.45) is 5.10. The van der Waals surface area contributed by atoms with Crippen molar-refractivity contribution in [1.82, 2.24) is 15.3 Å². The van der Waals surface area contributed by atoms with Gasteiger partial charge in [0.05, 0.1) is 0 Å². The average Bonchev–Trinajstić information content (AvgIpc) is 2.94. The van der Waals surface area contributed by atoms with Crippen LogP contribution in [0.5, 0.6) is 0 Å². The van der Waals surface area contributed by atoms with Crippen LogP contribution in [0.15, 0.2) is 24.3 Å². The van der Waals surface area contributed by atoms with E-state index < -0.39 is 0 Å². The number of hydrogen-bond donors (Lipinski definition) is 1. The first-order valence-electron chi connectivity index (χ1n) is 8.15. The molecule has 2 saturated heterocycles. The first-order valence-corrected chi connectivity index (χ1v) is 8.15. The third-order valence-electron chi connectivity index (χ3n) is 4.35. The number of amides is 2. The molecule has 2 amide bonds. The van der Waals surface area contributed by atoms with Crippen molar-refractivity contribution in [2.24, 2.45) is 0 Å². The fourth-order valence-electron chi connectivity index (χ4n) is 3.12. The lowest BCUT2D eigenvalue weighted by molar-refractivity contribution is -0.128. The predicted molar refractivity (Wildman–Crippen MR) is 84.0 cm³/mol. The summed E-state index contributed by atoms with van der Waals surface area (Å²) in [6.45, 7) is 3.27. The maximum absolute atomic E-state index is 12.3. The van der Waals surface area contributed by atoms with E-state index >= 15 is 0 Å². The van der Waals surface area contributed by atoms with Gasteiger partial charge in [-0.25, -0.2) is 5.01 Å². The van der Waals surface area contributed by atoms with Crippen LogP contribution in [0.2, 0.25) is 0 Å². The van der Waals surface area contributed by atoms with E-state index in [2.05, 4.69) is 5.43 Å². The standard InChI is InChI=1S/C17H23N3O2/c21-16-8-5-9-19(16)13-14-6-4-7-15(12-14)17(22)18-20-10-2-1-3-11-20/h4,6-7,12H,1-3,5,8-11,13H2,(H,18,22). The number of hydrogen-bond acceptors (Lipinski definition) is 3. The van der Waals surface area contributed by atoms with Crippen LogP contribution in [-0.4, -0.2) is 41.4 Å². The molecule has 1 N–H and O–H groups in total. The van der Waals surface area contributed by atoms with E-state index in [1.807, 2.05) is 34.2 Å². The Morgan fingerprint density at radius 3 is 2.64 bits per heavy atom. The lowest BCUT2D eigenvalue weighted by Gasteiger charge is -2.26. The topological polar surface area (TPSA) is 52.7 Å². The molecule has 2 fully saturated rings. The van der Waals surface area contributed by atoms with Crippen molar-refractivity contribution in [1.29, 1.82) is 0 Å². The third-order valence-corrected chi connectivity index (χ3v) is 4.35. The van der Waals surface area contributed by atoms with Crippen molar-refractivity contribution in [3.05, 3.63) is 35.4 Å². The van der Waals surface area contributed by atoms with Crippen molar-refractivity contribution in [2.45, 2.75) is 38.6 Å². The van der Waals surface area contributed by atoms with E-state index in [0.717, 1.165) is 44.5 Å². The van der Waals surface area contributed by atoms with Gasteiger partial charge in [0, 0.05) is 38.2 Å². The first kappa shape index (κ1) is 15.0. The lowest BCUT2D eigenvalue weighted by atomic mass is 10.1. The normalized spacial score (nSPS) is 19.5. The zero-order valence-corrected chi connectivity index (χ0v) is 12.9.